The summed E-state index contributed by atoms with van der Waals surface area (Å²) in [6, 6.07) is 10.5. The van der Waals surface area contributed by atoms with Crippen molar-refractivity contribution >= 4 is 40.5 Å². The molecule has 3 aliphatic rings. The van der Waals surface area contributed by atoms with Gasteiger partial charge >= 0.3 is 5.97 Å². The van der Waals surface area contributed by atoms with Crippen LogP contribution in [-0.2, 0) is 59.4 Å². The second-order valence-electron chi connectivity index (χ2n) is 21.0. The van der Waals surface area contributed by atoms with Crippen LogP contribution in [0.3, 0.4) is 0 Å². The van der Waals surface area contributed by atoms with Gasteiger partial charge in [0.2, 0.25) is 17.7 Å². The lowest BCUT2D eigenvalue weighted by atomic mass is 9.84. The van der Waals surface area contributed by atoms with Gasteiger partial charge in [0.05, 0.1) is 30.4 Å². The standard InChI is InChI=1S/C53H72N8O8/c1-12-60-44-16-15-34-26-39(44)40(46(60)41-28-54-19-17-36(41)30-68-11)27-52(4,5)31-69-50(66)42-14-13-20-61(56-42)49(65)43(24-33-22-37(34)25-38(62)23-33)55-47(63)45(32(2)3)58(10)48(64)35-18-21-59(29-35)51(67)53(6,7)57(8)9/h15-17,19,22-23,25-26,28,32,35,42-43,45,56,62H,12-14,18,20-21,24,27,29-31H2,1-11H3,(H,55,63)/t35-,42-,43-,45?/m0/s1. The van der Waals surface area contributed by atoms with Gasteiger partial charge in [-0.2, -0.15) is 0 Å². The number of cyclic esters (lactones) is 1. The summed E-state index contributed by atoms with van der Waals surface area (Å²) in [7, 11) is 6.98. The van der Waals surface area contributed by atoms with Crippen molar-refractivity contribution in [2.75, 3.05) is 54.5 Å². The zero-order chi connectivity index (χ0) is 50.1. The van der Waals surface area contributed by atoms with Gasteiger partial charge < -0.3 is 34.3 Å². The van der Waals surface area contributed by atoms with E-state index in [1.807, 2.05) is 71.1 Å². The van der Waals surface area contributed by atoms with E-state index in [1.165, 1.54) is 9.91 Å². The van der Waals surface area contributed by atoms with Crippen LogP contribution in [0.2, 0.25) is 0 Å². The molecule has 0 spiro atoms. The van der Waals surface area contributed by atoms with Crippen molar-refractivity contribution < 1.29 is 38.6 Å². The van der Waals surface area contributed by atoms with E-state index in [2.05, 4.69) is 53.2 Å². The number of carbonyl (C=O) groups is 5. The van der Waals surface area contributed by atoms with Crippen LogP contribution in [0, 0.1) is 17.3 Å². The highest BCUT2D eigenvalue weighted by molar-refractivity contribution is 5.96. The zero-order valence-electron chi connectivity index (χ0n) is 42.3. The van der Waals surface area contributed by atoms with Crippen LogP contribution < -0.4 is 10.7 Å². The molecule has 16 nitrogen and oxygen atoms in total. The summed E-state index contributed by atoms with van der Waals surface area (Å²) < 4.78 is 14.0. The molecule has 16 heteroatoms. The summed E-state index contributed by atoms with van der Waals surface area (Å²) in [6.45, 7) is 15.8. The number of aryl methyl sites for hydroxylation is 1. The van der Waals surface area contributed by atoms with Gasteiger partial charge in [0.25, 0.3) is 5.91 Å². The molecule has 2 aromatic carbocycles. The Labute approximate surface area is 406 Å². The normalized spacial score (nSPS) is 20.5. The van der Waals surface area contributed by atoms with Crippen molar-refractivity contribution in [2.24, 2.45) is 17.3 Å². The molecule has 7 rings (SSSR count). The first-order chi connectivity index (χ1) is 32.6. The molecule has 2 fully saturated rings. The lowest BCUT2D eigenvalue weighted by Gasteiger charge is -2.37. The van der Waals surface area contributed by atoms with Gasteiger partial charge in [0.1, 0.15) is 23.9 Å². The number of benzene rings is 2. The Morgan fingerprint density at radius 3 is 2.49 bits per heavy atom. The lowest BCUT2D eigenvalue weighted by molar-refractivity contribution is -0.155. The predicted molar refractivity (Wildman–Crippen MR) is 264 cm³/mol. The molecule has 3 aliphatic heterocycles. The second kappa shape index (κ2) is 20.6. The molecule has 0 aliphatic carbocycles. The molecular weight excluding hydrogens is 877 g/mol. The molecule has 0 saturated carbocycles. The van der Waals surface area contributed by atoms with Gasteiger partial charge in [-0.3, -0.25) is 38.9 Å². The molecule has 2 saturated heterocycles. The second-order valence-corrected chi connectivity index (χ2v) is 21.0. The molecule has 2 aromatic heterocycles. The maximum atomic E-state index is 14.8. The molecule has 372 valence electrons. The quantitative estimate of drug-likeness (QED) is 0.160. The van der Waals surface area contributed by atoms with Crippen LogP contribution in [0.1, 0.15) is 84.4 Å². The average molecular weight is 949 g/mol. The number of pyridine rings is 1. The first-order valence-corrected chi connectivity index (χ1v) is 24.3. The number of aromatic hydroxyl groups is 1. The number of likely N-dealkylation sites (tertiary alicyclic amines) is 1. The third-order valence-corrected chi connectivity index (χ3v) is 14.4. The van der Waals surface area contributed by atoms with Crippen LogP contribution in [0.5, 0.6) is 5.75 Å². The molecule has 4 amide bonds. The minimum atomic E-state index is -1.17. The van der Waals surface area contributed by atoms with Crippen molar-refractivity contribution in [1.29, 1.82) is 0 Å². The fraction of sp³-hybridized carbons (Fsp3) is 0.547. The molecule has 3 N–H and O–H groups in total. The van der Waals surface area contributed by atoms with Gasteiger partial charge in [0.15, 0.2) is 0 Å². The number of nitrogens with zero attached hydrogens (tertiary/aromatic N) is 6. The number of methoxy groups -OCH3 is 1. The number of phenolic OH excluding ortho intramolecular Hbond substituents is 1. The van der Waals surface area contributed by atoms with E-state index in [0.717, 1.165) is 44.4 Å². The van der Waals surface area contributed by atoms with E-state index < -0.39 is 52.8 Å². The van der Waals surface area contributed by atoms with Crippen molar-refractivity contribution in [2.45, 2.75) is 117 Å². The number of carbonyl (C=O) groups excluding carboxylic acids is 5. The summed E-state index contributed by atoms with van der Waals surface area (Å²) >= 11 is 0. The van der Waals surface area contributed by atoms with Crippen LogP contribution >= 0.6 is 0 Å². The minimum Gasteiger partial charge on any atom is -0.508 e. The number of hydrogen-bond donors (Lipinski definition) is 3. The SMILES string of the molecule is CCn1c(-c2cnccc2COC)c2c3cc(ccc31)-c1cc(O)cc(c1)C[C@H](NC(=O)C(C(C)C)N(C)C(=O)[C@H]1CCN(C(=O)C(C)(C)N(C)C)C1)C(=O)N1CCC[C@H](N1)C(=O)OCC(C)(C)C2. The number of nitrogens with one attached hydrogen (secondary N) is 2. The molecule has 6 bridgehead atoms. The molecule has 4 atom stereocenters. The van der Waals surface area contributed by atoms with Gasteiger partial charge in [-0.05, 0) is 125 Å². The maximum absolute atomic E-state index is 14.8. The number of ether oxygens (including phenoxy) is 2. The monoisotopic (exact) mass is 949 g/mol. The molecule has 0 radical (unpaired) electrons. The largest absolute Gasteiger partial charge is 0.508 e. The fourth-order valence-electron chi connectivity index (χ4n) is 10.3. The summed E-state index contributed by atoms with van der Waals surface area (Å²) in [5.41, 5.74) is 9.00. The van der Waals surface area contributed by atoms with Crippen molar-refractivity contribution in [3.05, 3.63) is 71.5 Å². The highest BCUT2D eigenvalue weighted by atomic mass is 16.5. The van der Waals surface area contributed by atoms with Crippen molar-refractivity contribution in [1.82, 2.24) is 40.0 Å². The Balaban J connectivity index is 1.27. The fourth-order valence-corrected chi connectivity index (χ4v) is 10.3. The van der Waals surface area contributed by atoms with Crippen molar-refractivity contribution in [3.63, 3.8) is 0 Å². The topological polar surface area (TPSA) is 179 Å². The number of esters is 1. The van der Waals surface area contributed by atoms with E-state index in [-0.39, 0.29) is 49.6 Å². The van der Waals surface area contributed by atoms with Crippen molar-refractivity contribution in [3.8, 4) is 28.1 Å². The predicted octanol–water partition coefficient (Wildman–Crippen LogP) is 5.56. The molecule has 69 heavy (non-hydrogen) atoms. The number of fused-ring (bicyclic) bond motifs is 6. The van der Waals surface area contributed by atoms with E-state index in [0.29, 0.717) is 50.9 Å². The van der Waals surface area contributed by atoms with E-state index in [1.54, 1.807) is 37.4 Å². The van der Waals surface area contributed by atoms with Gasteiger partial charge in [-0.15, -0.1) is 0 Å². The Morgan fingerprint density at radius 2 is 1.80 bits per heavy atom. The summed E-state index contributed by atoms with van der Waals surface area (Å²) in [5, 5.41) is 16.8. The highest BCUT2D eigenvalue weighted by Gasteiger charge is 2.43. The molecular formula is C53H72N8O8. The number of hydrazine groups is 1. The number of hydrogen-bond acceptors (Lipinski definition) is 11. The highest BCUT2D eigenvalue weighted by Crippen LogP contribution is 2.41. The average Bonchev–Trinajstić information content (AvgIpc) is 3.92. The van der Waals surface area contributed by atoms with Crippen LogP contribution in [0.15, 0.2) is 54.9 Å². The Bertz CT molecular complexity index is 2580. The van der Waals surface area contributed by atoms with E-state index >= 15 is 0 Å². The third kappa shape index (κ3) is 10.7. The maximum Gasteiger partial charge on any atom is 0.324 e. The zero-order valence-corrected chi connectivity index (χ0v) is 42.3. The first-order valence-electron chi connectivity index (χ1n) is 24.3. The molecule has 1 unspecified atom stereocenters. The third-order valence-electron chi connectivity index (χ3n) is 14.4. The molecule has 4 aromatic rings. The number of aromatic nitrogens is 2. The molecule has 5 heterocycles. The van der Waals surface area contributed by atoms with Crippen LogP contribution in [-0.4, -0.2) is 142 Å². The number of rotatable bonds is 11. The Morgan fingerprint density at radius 1 is 1.04 bits per heavy atom. The number of phenols is 1. The first kappa shape index (κ1) is 51.0. The Hall–Kier alpha value is -5.84. The van der Waals surface area contributed by atoms with Gasteiger partial charge in [-0.25, -0.2) is 5.43 Å². The van der Waals surface area contributed by atoms with Gasteiger partial charge in [0, 0.05) is 81.0 Å². The summed E-state index contributed by atoms with van der Waals surface area (Å²) in [6.07, 6.45) is 5.59. The van der Waals surface area contributed by atoms with Gasteiger partial charge in [-0.1, -0.05) is 39.8 Å². The summed E-state index contributed by atoms with van der Waals surface area (Å²) in [4.78, 5) is 80.7. The minimum absolute atomic E-state index is 0.00950. The van der Waals surface area contributed by atoms with E-state index in [4.69, 9.17) is 9.47 Å². The Kier molecular flexibility index (Phi) is 15.3. The van der Waals surface area contributed by atoms with Crippen LogP contribution in [0.4, 0.5) is 0 Å². The number of amides is 4. The van der Waals surface area contributed by atoms with E-state index in [9.17, 15) is 29.1 Å². The summed E-state index contributed by atoms with van der Waals surface area (Å²) in [5.74, 6) is -2.66. The smallest absolute Gasteiger partial charge is 0.324 e. The lowest BCUT2D eigenvalue weighted by Crippen LogP contribution is -2.62. The van der Waals surface area contributed by atoms with Crippen LogP contribution in [0.25, 0.3) is 33.3 Å². The number of likely N-dealkylation sites (N-methyl/N-ethyl adjacent to an activating group) is 2.